The van der Waals surface area contributed by atoms with Crippen molar-refractivity contribution in [2.45, 2.75) is 27.4 Å². The number of aryl methyl sites for hydroxylation is 2. The van der Waals surface area contributed by atoms with Gasteiger partial charge in [-0.2, -0.15) is 0 Å². The summed E-state index contributed by atoms with van der Waals surface area (Å²) in [6.45, 7) is 5.18. The lowest BCUT2D eigenvalue weighted by atomic mass is 10.0. The number of carbonyl (C=O) groups is 2. The molecule has 0 spiro atoms. The third kappa shape index (κ3) is 4.06. The van der Waals surface area contributed by atoms with Crippen LogP contribution in [0, 0.1) is 13.8 Å². The number of hydrogen-bond acceptors (Lipinski definition) is 5. The molecule has 0 saturated heterocycles. The minimum atomic E-state index is -0.519. The maximum absolute atomic E-state index is 12.3. The highest BCUT2D eigenvalue weighted by Gasteiger charge is 2.13. The highest BCUT2D eigenvalue weighted by Crippen LogP contribution is 2.24. The Morgan fingerprint density at radius 1 is 1.07 bits per heavy atom. The van der Waals surface area contributed by atoms with Gasteiger partial charge in [-0.05, 0) is 49.2 Å². The monoisotopic (exact) mass is 365 g/mol. The molecular weight excluding hydrogens is 346 g/mol. The van der Waals surface area contributed by atoms with Crippen LogP contribution in [-0.2, 0) is 16.1 Å². The van der Waals surface area contributed by atoms with Crippen LogP contribution in [-0.4, -0.2) is 11.9 Å². The molecule has 1 N–H and O–H groups in total. The van der Waals surface area contributed by atoms with Gasteiger partial charge in [0.25, 0.3) is 0 Å². The van der Waals surface area contributed by atoms with E-state index in [-0.39, 0.29) is 12.5 Å². The number of fused-ring (bicyclic) bond motifs is 1. The van der Waals surface area contributed by atoms with Crippen LogP contribution < -0.4 is 10.9 Å². The van der Waals surface area contributed by atoms with Crippen molar-refractivity contribution in [1.29, 1.82) is 0 Å². The van der Waals surface area contributed by atoms with E-state index in [1.807, 2.05) is 26.0 Å². The first kappa shape index (κ1) is 18.4. The molecule has 0 radical (unpaired) electrons. The molecule has 0 aliphatic heterocycles. The lowest BCUT2D eigenvalue weighted by Gasteiger charge is -2.10. The lowest BCUT2D eigenvalue weighted by molar-refractivity contribution is -0.114. The quantitative estimate of drug-likeness (QED) is 0.562. The Morgan fingerprint density at radius 3 is 2.44 bits per heavy atom. The van der Waals surface area contributed by atoms with E-state index in [1.54, 1.807) is 24.3 Å². The summed E-state index contributed by atoms with van der Waals surface area (Å²) in [5.41, 5.74) is 3.45. The average molecular weight is 365 g/mol. The predicted octanol–water partition coefficient (Wildman–Crippen LogP) is 3.73. The molecule has 138 valence electrons. The molecular formula is C21H19NO5. The summed E-state index contributed by atoms with van der Waals surface area (Å²) in [5.74, 6) is -0.708. The van der Waals surface area contributed by atoms with Crippen molar-refractivity contribution in [1.82, 2.24) is 0 Å². The number of benzene rings is 2. The molecule has 3 aromatic rings. The first-order chi connectivity index (χ1) is 12.8. The van der Waals surface area contributed by atoms with Crippen molar-refractivity contribution in [3.8, 4) is 0 Å². The average Bonchev–Trinajstić information content (AvgIpc) is 2.63. The normalized spacial score (nSPS) is 10.6. The van der Waals surface area contributed by atoms with E-state index in [9.17, 15) is 14.4 Å². The van der Waals surface area contributed by atoms with Gasteiger partial charge < -0.3 is 14.5 Å². The summed E-state index contributed by atoms with van der Waals surface area (Å²) in [6.07, 6.45) is 0. The third-order valence-electron chi connectivity index (χ3n) is 4.32. The van der Waals surface area contributed by atoms with Crippen molar-refractivity contribution in [3.05, 3.63) is 75.1 Å². The fourth-order valence-electron chi connectivity index (χ4n) is 2.76. The number of amides is 1. The van der Waals surface area contributed by atoms with Crippen LogP contribution in [0.25, 0.3) is 11.0 Å². The van der Waals surface area contributed by atoms with Crippen LogP contribution in [0.5, 0.6) is 0 Å². The van der Waals surface area contributed by atoms with E-state index in [0.717, 1.165) is 16.5 Å². The van der Waals surface area contributed by atoms with Crippen molar-refractivity contribution in [2.75, 3.05) is 5.32 Å². The van der Waals surface area contributed by atoms with Crippen molar-refractivity contribution in [3.63, 3.8) is 0 Å². The zero-order chi connectivity index (χ0) is 19.6. The van der Waals surface area contributed by atoms with E-state index in [1.165, 1.54) is 13.0 Å². The van der Waals surface area contributed by atoms with E-state index >= 15 is 0 Å². The smallest absolute Gasteiger partial charge is 0.338 e. The molecule has 0 unspecified atom stereocenters. The molecule has 1 aromatic heterocycles. The summed E-state index contributed by atoms with van der Waals surface area (Å²) in [7, 11) is 0. The standard InChI is InChI=1S/C21H19NO5/c1-12-4-9-18-16(10-19(24)27-20(18)13(12)2)11-26-21(25)15-5-7-17(8-6-15)22-14(3)23/h4-10H,11H2,1-3H3,(H,22,23). The van der Waals surface area contributed by atoms with Gasteiger partial charge in [0, 0.05) is 29.6 Å². The SMILES string of the molecule is CC(=O)Nc1ccc(C(=O)OCc2cc(=O)oc3c(C)c(C)ccc23)cc1. The van der Waals surface area contributed by atoms with E-state index in [0.29, 0.717) is 22.4 Å². The first-order valence-electron chi connectivity index (χ1n) is 8.43. The predicted molar refractivity (Wildman–Crippen MR) is 102 cm³/mol. The minimum absolute atomic E-state index is 0.0448. The Bertz CT molecular complexity index is 1080. The molecule has 0 aliphatic carbocycles. The van der Waals surface area contributed by atoms with Gasteiger partial charge in [-0.1, -0.05) is 12.1 Å². The van der Waals surface area contributed by atoms with E-state index < -0.39 is 11.6 Å². The second-order valence-corrected chi connectivity index (χ2v) is 6.31. The van der Waals surface area contributed by atoms with Crippen molar-refractivity contribution in [2.24, 2.45) is 0 Å². The number of rotatable bonds is 4. The fraction of sp³-hybridized carbons (Fsp3) is 0.190. The lowest BCUT2D eigenvalue weighted by Crippen LogP contribution is -2.09. The molecule has 27 heavy (non-hydrogen) atoms. The number of ether oxygens (including phenoxy) is 1. The maximum Gasteiger partial charge on any atom is 0.338 e. The van der Waals surface area contributed by atoms with Gasteiger partial charge in [-0.25, -0.2) is 9.59 Å². The number of esters is 1. The Labute approximate surface area is 155 Å². The molecule has 1 heterocycles. The van der Waals surface area contributed by atoms with Crippen LogP contribution >= 0.6 is 0 Å². The van der Waals surface area contributed by atoms with Gasteiger partial charge in [0.05, 0.1) is 5.56 Å². The Kier molecular flexibility index (Phi) is 5.07. The van der Waals surface area contributed by atoms with Crippen molar-refractivity contribution < 1.29 is 18.7 Å². The Hall–Kier alpha value is -3.41. The molecule has 2 aromatic carbocycles. The third-order valence-corrected chi connectivity index (χ3v) is 4.32. The molecule has 6 heteroatoms. The Balaban J connectivity index is 1.80. The summed E-state index contributed by atoms with van der Waals surface area (Å²) in [4.78, 5) is 35.2. The molecule has 3 rings (SSSR count). The van der Waals surface area contributed by atoms with Gasteiger partial charge in [0.15, 0.2) is 0 Å². The molecule has 0 atom stereocenters. The van der Waals surface area contributed by atoms with Gasteiger partial charge in [0.2, 0.25) is 5.91 Å². The van der Waals surface area contributed by atoms with Crippen LogP contribution in [0.15, 0.2) is 51.7 Å². The summed E-state index contributed by atoms with van der Waals surface area (Å²) >= 11 is 0. The number of carbonyl (C=O) groups excluding carboxylic acids is 2. The Morgan fingerprint density at radius 2 is 1.78 bits per heavy atom. The van der Waals surface area contributed by atoms with Crippen LogP contribution in [0.3, 0.4) is 0 Å². The maximum atomic E-state index is 12.3. The largest absolute Gasteiger partial charge is 0.457 e. The molecule has 1 amide bonds. The fourth-order valence-corrected chi connectivity index (χ4v) is 2.76. The van der Waals surface area contributed by atoms with E-state index in [2.05, 4.69) is 5.32 Å². The van der Waals surface area contributed by atoms with Gasteiger partial charge >= 0.3 is 11.6 Å². The van der Waals surface area contributed by atoms with Crippen LogP contribution in [0.1, 0.15) is 34.0 Å². The van der Waals surface area contributed by atoms with Gasteiger partial charge in [-0.15, -0.1) is 0 Å². The minimum Gasteiger partial charge on any atom is -0.457 e. The number of anilines is 1. The highest BCUT2D eigenvalue weighted by atomic mass is 16.5. The molecule has 0 fully saturated rings. The topological polar surface area (TPSA) is 85.6 Å². The van der Waals surface area contributed by atoms with Crippen LogP contribution in [0.4, 0.5) is 5.69 Å². The molecule has 0 saturated carbocycles. The second-order valence-electron chi connectivity index (χ2n) is 6.31. The highest BCUT2D eigenvalue weighted by molar-refractivity contribution is 5.92. The summed E-state index contributed by atoms with van der Waals surface area (Å²) < 4.78 is 10.7. The van der Waals surface area contributed by atoms with Crippen LogP contribution in [0.2, 0.25) is 0 Å². The van der Waals surface area contributed by atoms with Gasteiger partial charge in [0.1, 0.15) is 12.2 Å². The first-order valence-corrected chi connectivity index (χ1v) is 8.43. The second kappa shape index (κ2) is 7.45. The number of hydrogen-bond donors (Lipinski definition) is 1. The zero-order valence-corrected chi connectivity index (χ0v) is 15.3. The summed E-state index contributed by atoms with van der Waals surface area (Å²) in [6, 6.07) is 11.5. The zero-order valence-electron chi connectivity index (χ0n) is 15.3. The molecule has 6 nitrogen and oxygen atoms in total. The number of nitrogens with one attached hydrogen (secondary N) is 1. The van der Waals surface area contributed by atoms with Crippen molar-refractivity contribution >= 4 is 28.5 Å². The molecule has 0 aliphatic rings. The van der Waals surface area contributed by atoms with E-state index in [4.69, 9.17) is 9.15 Å². The molecule has 0 bridgehead atoms. The summed E-state index contributed by atoms with van der Waals surface area (Å²) in [5, 5.41) is 3.37. The van der Waals surface area contributed by atoms with Gasteiger partial charge in [-0.3, -0.25) is 4.79 Å².